The largest absolute Gasteiger partial charge is 0.507 e. The van der Waals surface area contributed by atoms with Gasteiger partial charge in [-0.25, -0.2) is 14.1 Å². The summed E-state index contributed by atoms with van der Waals surface area (Å²) in [7, 11) is 0. The number of alkyl halides is 3. The van der Waals surface area contributed by atoms with Gasteiger partial charge in [0, 0.05) is 0 Å². The van der Waals surface area contributed by atoms with Gasteiger partial charge >= 0.3 is 6.18 Å². The zero-order valence-electron chi connectivity index (χ0n) is 15.1. The number of halogens is 4. The van der Waals surface area contributed by atoms with Crippen LogP contribution >= 0.6 is 0 Å². The molecule has 0 radical (unpaired) electrons. The second-order valence-corrected chi connectivity index (χ2v) is 6.37. The van der Waals surface area contributed by atoms with Crippen molar-refractivity contribution >= 4 is 0 Å². The summed E-state index contributed by atoms with van der Waals surface area (Å²) < 4.78 is 54.2. The SMILES string of the molecule is Oc1cc(C(F)(F)F)ccc1-c1nc(-c2ccccc2O)n(-c2ccccc2F)n1. The maximum absolute atomic E-state index is 14.4. The van der Waals surface area contributed by atoms with E-state index < -0.39 is 23.3 Å². The summed E-state index contributed by atoms with van der Waals surface area (Å²) in [6.07, 6.45) is -4.63. The first-order chi connectivity index (χ1) is 14.3. The number of hydrogen-bond acceptors (Lipinski definition) is 4. The Labute approximate surface area is 167 Å². The van der Waals surface area contributed by atoms with Crippen LogP contribution in [0.2, 0.25) is 0 Å². The second-order valence-electron chi connectivity index (χ2n) is 6.37. The first-order valence-corrected chi connectivity index (χ1v) is 8.66. The van der Waals surface area contributed by atoms with Gasteiger partial charge in [0.2, 0.25) is 0 Å². The maximum Gasteiger partial charge on any atom is 0.416 e. The predicted octanol–water partition coefficient (Wildman–Crippen LogP) is 5.17. The molecule has 0 saturated carbocycles. The van der Waals surface area contributed by atoms with Crippen LogP contribution < -0.4 is 0 Å². The Morgan fingerprint density at radius 2 is 1.50 bits per heavy atom. The Morgan fingerprint density at radius 3 is 2.17 bits per heavy atom. The molecule has 4 rings (SSSR count). The number of benzene rings is 3. The minimum atomic E-state index is -4.63. The molecule has 0 fully saturated rings. The van der Waals surface area contributed by atoms with E-state index in [4.69, 9.17) is 0 Å². The Bertz CT molecular complexity index is 1170. The molecular weight excluding hydrogens is 402 g/mol. The number of hydrogen-bond donors (Lipinski definition) is 2. The molecule has 0 amide bonds. The van der Waals surface area contributed by atoms with E-state index in [1.54, 1.807) is 18.2 Å². The summed E-state index contributed by atoms with van der Waals surface area (Å²) in [4.78, 5) is 4.27. The highest BCUT2D eigenvalue weighted by Gasteiger charge is 2.31. The van der Waals surface area contributed by atoms with E-state index in [0.29, 0.717) is 6.07 Å². The third-order valence-electron chi connectivity index (χ3n) is 4.40. The summed E-state index contributed by atoms with van der Waals surface area (Å²) in [5, 5.41) is 24.6. The van der Waals surface area contributed by atoms with Crippen molar-refractivity contribution in [1.82, 2.24) is 14.8 Å². The number of nitrogens with zero attached hydrogens (tertiary/aromatic N) is 3. The molecule has 5 nitrogen and oxygen atoms in total. The van der Waals surface area contributed by atoms with Crippen LogP contribution in [0.25, 0.3) is 28.5 Å². The highest BCUT2D eigenvalue weighted by Crippen LogP contribution is 2.37. The van der Waals surface area contributed by atoms with Crippen LogP contribution in [0.4, 0.5) is 17.6 Å². The van der Waals surface area contributed by atoms with Crippen LogP contribution in [0, 0.1) is 5.82 Å². The minimum Gasteiger partial charge on any atom is -0.507 e. The van der Waals surface area contributed by atoms with Crippen LogP contribution in [-0.2, 0) is 6.18 Å². The van der Waals surface area contributed by atoms with Crippen LogP contribution in [0.15, 0.2) is 66.7 Å². The van der Waals surface area contributed by atoms with E-state index >= 15 is 0 Å². The fourth-order valence-electron chi connectivity index (χ4n) is 2.95. The van der Waals surface area contributed by atoms with Crippen molar-refractivity contribution < 1.29 is 27.8 Å². The molecule has 1 aromatic heterocycles. The van der Waals surface area contributed by atoms with E-state index in [9.17, 15) is 27.8 Å². The molecule has 1 heterocycles. The molecule has 0 aliphatic rings. The molecule has 4 aromatic rings. The molecule has 0 bridgehead atoms. The number of aromatic nitrogens is 3. The standard InChI is InChI=1S/C21H13F4N3O2/c22-15-6-2-3-7-16(15)28-20(14-5-1-4-8-17(14)29)26-19(27-28)13-10-9-12(11-18(13)30)21(23,24)25/h1-11,29-30H. The molecule has 2 N–H and O–H groups in total. The van der Waals surface area contributed by atoms with Gasteiger partial charge in [-0.2, -0.15) is 13.2 Å². The molecule has 30 heavy (non-hydrogen) atoms. The number of phenolic OH excluding ortho intramolecular Hbond substituents is 2. The van der Waals surface area contributed by atoms with Crippen molar-refractivity contribution in [2.24, 2.45) is 0 Å². The molecule has 0 aliphatic carbocycles. The molecule has 0 spiro atoms. The van der Waals surface area contributed by atoms with Gasteiger partial charge in [-0.3, -0.25) is 0 Å². The lowest BCUT2D eigenvalue weighted by atomic mass is 10.1. The summed E-state index contributed by atoms with van der Waals surface area (Å²) in [6, 6.07) is 14.3. The van der Waals surface area contributed by atoms with Crippen molar-refractivity contribution in [3.05, 3.63) is 78.1 Å². The number of aromatic hydroxyl groups is 2. The van der Waals surface area contributed by atoms with Crippen LogP contribution in [-0.4, -0.2) is 25.0 Å². The molecule has 0 atom stereocenters. The van der Waals surface area contributed by atoms with Crippen molar-refractivity contribution in [3.8, 4) is 40.0 Å². The van der Waals surface area contributed by atoms with Crippen molar-refractivity contribution in [3.63, 3.8) is 0 Å². The highest BCUT2D eigenvalue weighted by atomic mass is 19.4. The normalized spacial score (nSPS) is 11.6. The quantitative estimate of drug-likeness (QED) is 0.453. The Morgan fingerprint density at radius 1 is 0.800 bits per heavy atom. The Kier molecular flexibility index (Phi) is 4.65. The van der Waals surface area contributed by atoms with E-state index in [-0.39, 0.29) is 34.2 Å². The monoisotopic (exact) mass is 415 g/mol. The van der Waals surface area contributed by atoms with Gasteiger partial charge in [0.15, 0.2) is 11.6 Å². The van der Waals surface area contributed by atoms with E-state index in [2.05, 4.69) is 10.1 Å². The van der Waals surface area contributed by atoms with Gasteiger partial charge in [0.1, 0.15) is 23.0 Å². The Balaban J connectivity index is 1.93. The maximum atomic E-state index is 14.4. The first kappa shape index (κ1) is 19.4. The van der Waals surface area contributed by atoms with Crippen LogP contribution in [0.3, 0.4) is 0 Å². The lowest BCUT2D eigenvalue weighted by Gasteiger charge is -2.08. The van der Waals surface area contributed by atoms with E-state index in [1.807, 2.05) is 0 Å². The Hall–Kier alpha value is -3.88. The van der Waals surface area contributed by atoms with Gasteiger partial charge in [-0.15, -0.1) is 5.10 Å². The number of phenols is 2. The zero-order valence-corrected chi connectivity index (χ0v) is 15.1. The number of para-hydroxylation sites is 2. The highest BCUT2D eigenvalue weighted by molar-refractivity contribution is 5.71. The van der Waals surface area contributed by atoms with Crippen LogP contribution in [0.5, 0.6) is 11.5 Å². The average molecular weight is 415 g/mol. The third-order valence-corrected chi connectivity index (χ3v) is 4.40. The predicted molar refractivity (Wildman–Crippen MR) is 101 cm³/mol. The zero-order chi connectivity index (χ0) is 21.5. The van der Waals surface area contributed by atoms with Gasteiger partial charge in [0.25, 0.3) is 0 Å². The van der Waals surface area contributed by atoms with Gasteiger partial charge in [-0.05, 0) is 42.5 Å². The molecule has 0 unspecified atom stereocenters. The fraction of sp³-hybridized carbons (Fsp3) is 0.0476. The van der Waals surface area contributed by atoms with Crippen molar-refractivity contribution in [1.29, 1.82) is 0 Å². The molecule has 152 valence electrons. The minimum absolute atomic E-state index is 0.0147. The smallest absolute Gasteiger partial charge is 0.416 e. The van der Waals surface area contributed by atoms with Gasteiger partial charge in [0.05, 0.1) is 16.7 Å². The summed E-state index contributed by atoms with van der Waals surface area (Å²) >= 11 is 0. The van der Waals surface area contributed by atoms with Crippen LogP contribution in [0.1, 0.15) is 5.56 Å². The lowest BCUT2D eigenvalue weighted by molar-refractivity contribution is -0.137. The molecule has 3 aromatic carbocycles. The molecule has 0 saturated heterocycles. The second kappa shape index (κ2) is 7.18. The van der Waals surface area contributed by atoms with Crippen molar-refractivity contribution in [2.45, 2.75) is 6.18 Å². The first-order valence-electron chi connectivity index (χ1n) is 8.66. The fourth-order valence-corrected chi connectivity index (χ4v) is 2.95. The topological polar surface area (TPSA) is 71.2 Å². The molecule has 0 aliphatic heterocycles. The summed E-state index contributed by atoms with van der Waals surface area (Å²) in [6.45, 7) is 0. The lowest BCUT2D eigenvalue weighted by Crippen LogP contribution is -2.04. The summed E-state index contributed by atoms with van der Waals surface area (Å²) in [5.74, 6) is -1.54. The molecule has 9 heteroatoms. The summed E-state index contributed by atoms with van der Waals surface area (Å²) in [5.41, 5.74) is -0.861. The van der Waals surface area contributed by atoms with Gasteiger partial charge in [-0.1, -0.05) is 24.3 Å². The van der Waals surface area contributed by atoms with Crippen molar-refractivity contribution in [2.75, 3.05) is 0 Å². The number of rotatable bonds is 3. The van der Waals surface area contributed by atoms with Gasteiger partial charge < -0.3 is 10.2 Å². The molecular formula is C21H13F4N3O2. The average Bonchev–Trinajstić information content (AvgIpc) is 3.12. The van der Waals surface area contributed by atoms with E-state index in [1.165, 1.54) is 30.3 Å². The van der Waals surface area contributed by atoms with E-state index in [0.717, 1.165) is 16.8 Å². The third kappa shape index (κ3) is 3.45.